The van der Waals surface area contributed by atoms with Crippen molar-refractivity contribution in [3.05, 3.63) is 0 Å². The van der Waals surface area contributed by atoms with E-state index in [2.05, 4.69) is 18.0 Å². The van der Waals surface area contributed by atoms with Gasteiger partial charge in [0.15, 0.2) is 0 Å². The fourth-order valence-electron chi connectivity index (χ4n) is 1.57. The first-order chi connectivity index (χ1) is 7.86. The van der Waals surface area contributed by atoms with Crippen molar-refractivity contribution in [2.24, 2.45) is 0 Å². The number of epoxide rings is 2. The minimum atomic E-state index is -1.57. The molecule has 3 saturated heterocycles. The fraction of sp³-hybridized carbons (Fsp3) is 1.00. The Labute approximate surface area is 117 Å². The Morgan fingerprint density at radius 2 is 1.75 bits per heavy atom. The van der Waals surface area contributed by atoms with Crippen molar-refractivity contribution in [3.8, 4) is 0 Å². The maximum atomic E-state index is 5.37. The van der Waals surface area contributed by atoms with Crippen LogP contribution in [-0.2, 0) is 9.47 Å². The Morgan fingerprint density at radius 3 is 2.19 bits per heavy atom. The Bertz CT molecular complexity index is 223. The van der Waals surface area contributed by atoms with Crippen LogP contribution in [0, 0.1) is 0 Å². The zero-order valence-electron chi connectivity index (χ0n) is 9.26. The molecule has 94 valence electrons. The SMILES string of the molecule is C1C[Te]C[Te](SCC2CO2)(SCC2CO2)C1. The van der Waals surface area contributed by atoms with E-state index in [4.69, 9.17) is 9.47 Å². The van der Waals surface area contributed by atoms with Crippen LogP contribution < -0.4 is 0 Å². The van der Waals surface area contributed by atoms with Gasteiger partial charge in [0.05, 0.1) is 0 Å². The van der Waals surface area contributed by atoms with Gasteiger partial charge in [-0.1, -0.05) is 0 Å². The average Bonchev–Trinajstić information content (AvgIpc) is 3.18. The second kappa shape index (κ2) is 6.10. The summed E-state index contributed by atoms with van der Waals surface area (Å²) in [5, 5.41) is 0. The molecule has 16 heavy (non-hydrogen) atoms. The normalized spacial score (nSPS) is 46.0. The predicted octanol–water partition coefficient (Wildman–Crippen LogP) is 2.18. The van der Waals surface area contributed by atoms with E-state index in [0.717, 1.165) is 13.2 Å². The molecule has 0 saturated carbocycles. The zero-order chi connectivity index (χ0) is 10.8. The quantitative estimate of drug-likeness (QED) is 0.422. The van der Waals surface area contributed by atoms with Gasteiger partial charge < -0.3 is 0 Å². The molecule has 0 aromatic carbocycles. The van der Waals surface area contributed by atoms with Crippen molar-refractivity contribution in [3.63, 3.8) is 0 Å². The molecule has 0 aromatic heterocycles. The van der Waals surface area contributed by atoms with E-state index in [0.29, 0.717) is 33.1 Å². The number of rotatable bonds is 6. The van der Waals surface area contributed by atoms with Gasteiger partial charge in [-0.2, -0.15) is 0 Å². The Kier molecular flexibility index (Phi) is 5.03. The van der Waals surface area contributed by atoms with Crippen molar-refractivity contribution in [2.75, 3.05) is 24.7 Å². The van der Waals surface area contributed by atoms with Crippen LogP contribution in [0.5, 0.6) is 0 Å². The van der Waals surface area contributed by atoms with Gasteiger partial charge >= 0.3 is 119 Å². The molecule has 3 fully saturated rings. The van der Waals surface area contributed by atoms with Crippen molar-refractivity contribution in [1.29, 1.82) is 0 Å². The van der Waals surface area contributed by atoms with Gasteiger partial charge in [-0.3, -0.25) is 0 Å². The van der Waals surface area contributed by atoms with Crippen LogP contribution in [0.3, 0.4) is 0 Å². The summed E-state index contributed by atoms with van der Waals surface area (Å²) in [6.45, 7) is 2.08. The molecule has 3 aliphatic heterocycles. The molecule has 0 spiro atoms. The molecule has 0 radical (unpaired) electrons. The summed E-state index contributed by atoms with van der Waals surface area (Å²) in [6.07, 6.45) is 2.82. The van der Waals surface area contributed by atoms with E-state index in [9.17, 15) is 0 Å². The molecule has 2 unspecified atom stereocenters. The first kappa shape index (κ1) is 13.2. The van der Waals surface area contributed by atoms with Gasteiger partial charge in [-0.15, -0.1) is 0 Å². The van der Waals surface area contributed by atoms with Gasteiger partial charge in [0.25, 0.3) is 0 Å². The Balaban J connectivity index is 1.50. The van der Waals surface area contributed by atoms with E-state index in [1.807, 2.05) is 0 Å². The molecular weight excluding hydrogens is 471 g/mol. The monoisotopic (exact) mass is 494 g/mol. The van der Waals surface area contributed by atoms with Crippen molar-refractivity contribution in [1.82, 2.24) is 0 Å². The average molecular weight is 490 g/mol. The molecule has 2 atom stereocenters. The molecule has 2 nitrogen and oxygen atoms in total. The zero-order valence-corrected chi connectivity index (χ0v) is 15.6. The molecule has 0 aliphatic carbocycles. The molecule has 6 heteroatoms. The van der Waals surface area contributed by atoms with E-state index in [1.165, 1.54) is 11.5 Å². The van der Waals surface area contributed by atoms with Gasteiger partial charge in [-0.05, 0) is 0 Å². The van der Waals surface area contributed by atoms with Crippen molar-refractivity contribution >= 4 is 54.3 Å². The van der Waals surface area contributed by atoms with E-state index in [1.54, 1.807) is 17.9 Å². The third kappa shape index (κ3) is 4.10. The topological polar surface area (TPSA) is 25.1 Å². The number of hydrogen-bond donors (Lipinski definition) is 0. The molecule has 0 aromatic rings. The summed E-state index contributed by atoms with van der Waals surface area (Å²) in [7, 11) is 4.78. The van der Waals surface area contributed by atoms with Crippen LogP contribution in [0.1, 0.15) is 6.42 Å². The summed E-state index contributed by atoms with van der Waals surface area (Å²) in [5.74, 6) is 2.62. The second-order valence-corrected chi connectivity index (χ2v) is 32.4. The maximum absolute atomic E-state index is 5.37. The predicted molar refractivity (Wildman–Crippen MR) is 74.9 cm³/mol. The third-order valence-corrected chi connectivity index (χ3v) is 44.9. The summed E-state index contributed by atoms with van der Waals surface area (Å²) >= 11 is -1.18. The van der Waals surface area contributed by atoms with Crippen LogP contribution >= 0.6 is 18.0 Å². The molecule has 0 bridgehead atoms. The minimum absolute atomic E-state index is 0.392. The van der Waals surface area contributed by atoms with Crippen LogP contribution in [-0.4, -0.2) is 73.3 Å². The Morgan fingerprint density at radius 1 is 1.12 bits per heavy atom. The Hall–Kier alpha value is 2.20. The van der Waals surface area contributed by atoms with Crippen molar-refractivity contribution < 1.29 is 9.47 Å². The van der Waals surface area contributed by atoms with Gasteiger partial charge in [0.2, 0.25) is 0 Å². The third-order valence-electron chi connectivity index (χ3n) is 2.75. The van der Waals surface area contributed by atoms with Gasteiger partial charge in [-0.25, -0.2) is 0 Å². The molecule has 3 aliphatic rings. The van der Waals surface area contributed by atoms with Crippen LogP contribution in [0.25, 0.3) is 0 Å². The number of hydrogen-bond acceptors (Lipinski definition) is 4. The molecule has 3 rings (SSSR count). The van der Waals surface area contributed by atoms with E-state index in [-0.39, 0.29) is 0 Å². The number of ether oxygens (including phenoxy) is 2. The van der Waals surface area contributed by atoms with E-state index < -0.39 is 15.4 Å². The molecule has 3 heterocycles. The van der Waals surface area contributed by atoms with Gasteiger partial charge in [0.1, 0.15) is 0 Å². The van der Waals surface area contributed by atoms with Crippen LogP contribution in [0.4, 0.5) is 0 Å². The fourth-order valence-corrected chi connectivity index (χ4v) is 48.1. The summed E-state index contributed by atoms with van der Waals surface area (Å²) < 4.78 is 15.7. The van der Waals surface area contributed by atoms with E-state index >= 15 is 0 Å². The van der Waals surface area contributed by atoms with Crippen molar-refractivity contribution in [2.45, 2.75) is 30.1 Å². The van der Waals surface area contributed by atoms with Gasteiger partial charge in [0, 0.05) is 0 Å². The summed E-state index contributed by atoms with van der Waals surface area (Å²) in [4.78, 5) is 0. The second-order valence-electron chi connectivity index (χ2n) is 4.31. The van der Waals surface area contributed by atoms with Crippen LogP contribution in [0.2, 0.25) is 11.5 Å². The summed E-state index contributed by atoms with van der Waals surface area (Å²) in [6, 6.07) is 0. The first-order valence-electron chi connectivity index (χ1n) is 5.75. The van der Waals surface area contributed by atoms with Crippen LogP contribution in [0.15, 0.2) is 0 Å². The standard InChI is InChI=1S/C10H18O2S2Te2/c1-2-15-8-16(3-1,13-6-9-4-11-9)14-7-10-5-12-10/h9-10H,1-8H2. The molecule has 0 N–H and O–H groups in total. The first-order valence-corrected chi connectivity index (χ1v) is 19.9. The summed E-state index contributed by atoms with van der Waals surface area (Å²) in [5.41, 5.74) is 0. The molecular formula is C10H18O2S2Te2. The molecule has 0 amide bonds.